The molecule has 0 aliphatic carbocycles. The van der Waals surface area contributed by atoms with Crippen molar-refractivity contribution in [2.75, 3.05) is 7.11 Å². The lowest BCUT2D eigenvalue weighted by molar-refractivity contribution is -0.144. The van der Waals surface area contributed by atoms with Crippen LogP contribution in [-0.4, -0.2) is 28.7 Å². The van der Waals surface area contributed by atoms with Gasteiger partial charge in [-0.25, -0.2) is 0 Å². The molecule has 15 heavy (non-hydrogen) atoms. The lowest BCUT2D eigenvalue weighted by Crippen LogP contribution is -2.41. The molecule has 1 aromatic rings. The number of carbonyl (C=O) groups excluding carboxylic acids is 1. The molecule has 5 nitrogen and oxygen atoms in total. The third kappa shape index (κ3) is 3.56. The summed E-state index contributed by atoms with van der Waals surface area (Å²) < 4.78 is 8.45. The second kappa shape index (κ2) is 5.77. The third-order valence-corrected chi connectivity index (χ3v) is 2.58. The summed E-state index contributed by atoms with van der Waals surface area (Å²) in [6.07, 6.45) is 0. The van der Waals surface area contributed by atoms with E-state index in [4.69, 9.17) is 4.74 Å². The molecular weight excluding hydrogens is 214 g/mol. The summed E-state index contributed by atoms with van der Waals surface area (Å²) >= 11 is 1.30. The van der Waals surface area contributed by atoms with Gasteiger partial charge < -0.3 is 4.74 Å². The second-order valence-electron chi connectivity index (χ2n) is 3.52. The number of hydrogen-bond donors (Lipinski definition) is 1. The van der Waals surface area contributed by atoms with E-state index in [0.29, 0.717) is 6.54 Å². The van der Waals surface area contributed by atoms with E-state index >= 15 is 0 Å². The van der Waals surface area contributed by atoms with Gasteiger partial charge in [0.15, 0.2) is 0 Å². The van der Waals surface area contributed by atoms with Gasteiger partial charge in [-0.3, -0.25) is 10.1 Å². The Morgan fingerprint density at radius 1 is 1.67 bits per heavy atom. The Hall–Kier alpha value is -1.01. The number of nitrogens with zero attached hydrogens (tertiary/aromatic N) is 2. The van der Waals surface area contributed by atoms with Gasteiger partial charge in [-0.15, -0.1) is 5.10 Å². The Labute approximate surface area is 93.0 Å². The number of nitrogens with one attached hydrogen (secondary N) is 1. The minimum absolute atomic E-state index is 0.184. The molecule has 84 valence electrons. The zero-order valence-corrected chi connectivity index (χ0v) is 9.87. The van der Waals surface area contributed by atoms with Crippen molar-refractivity contribution in [3.8, 4) is 0 Å². The van der Waals surface area contributed by atoms with E-state index in [9.17, 15) is 4.79 Å². The molecule has 1 rings (SSSR count). The average Bonchev–Trinajstić information content (AvgIpc) is 2.70. The molecule has 0 radical (unpaired) electrons. The fraction of sp³-hybridized carbons (Fsp3) is 0.667. The molecule has 0 amide bonds. The number of methoxy groups -OCH3 is 1. The van der Waals surface area contributed by atoms with E-state index < -0.39 is 0 Å². The van der Waals surface area contributed by atoms with Crippen molar-refractivity contribution in [1.82, 2.24) is 14.9 Å². The van der Waals surface area contributed by atoms with Crippen molar-refractivity contribution in [2.24, 2.45) is 5.92 Å². The van der Waals surface area contributed by atoms with Crippen LogP contribution in [0.2, 0.25) is 0 Å². The maximum Gasteiger partial charge on any atom is 0.323 e. The molecule has 0 aliphatic rings. The average molecular weight is 229 g/mol. The summed E-state index contributed by atoms with van der Waals surface area (Å²) in [4.78, 5) is 11.4. The third-order valence-electron chi connectivity index (χ3n) is 2.03. The normalized spacial score (nSPS) is 12.8. The molecule has 0 saturated carbocycles. The highest BCUT2D eigenvalue weighted by Gasteiger charge is 2.22. The van der Waals surface area contributed by atoms with Crippen LogP contribution in [0.25, 0.3) is 0 Å². The molecule has 0 spiro atoms. The van der Waals surface area contributed by atoms with Gasteiger partial charge in [0.25, 0.3) is 0 Å². The highest BCUT2D eigenvalue weighted by atomic mass is 32.1. The lowest BCUT2D eigenvalue weighted by Gasteiger charge is -2.18. The van der Waals surface area contributed by atoms with E-state index in [0.717, 1.165) is 5.69 Å². The molecule has 6 heteroatoms. The van der Waals surface area contributed by atoms with Gasteiger partial charge in [0.05, 0.1) is 12.8 Å². The van der Waals surface area contributed by atoms with Crippen molar-refractivity contribution in [2.45, 2.75) is 26.4 Å². The van der Waals surface area contributed by atoms with E-state index in [2.05, 4.69) is 14.9 Å². The van der Waals surface area contributed by atoms with Crippen LogP contribution in [0.5, 0.6) is 0 Å². The Balaban J connectivity index is 2.49. The van der Waals surface area contributed by atoms with Gasteiger partial charge in [0, 0.05) is 11.9 Å². The number of esters is 1. The van der Waals surface area contributed by atoms with Gasteiger partial charge in [-0.1, -0.05) is 18.3 Å². The largest absolute Gasteiger partial charge is 0.468 e. The second-order valence-corrected chi connectivity index (χ2v) is 4.13. The molecule has 0 aromatic carbocycles. The van der Waals surface area contributed by atoms with Crippen molar-refractivity contribution >= 4 is 17.5 Å². The first-order chi connectivity index (χ1) is 7.15. The summed E-state index contributed by atoms with van der Waals surface area (Å²) in [5.41, 5.74) is 0.842. The van der Waals surface area contributed by atoms with Gasteiger partial charge >= 0.3 is 5.97 Å². The highest BCUT2D eigenvalue weighted by Crippen LogP contribution is 2.05. The van der Waals surface area contributed by atoms with E-state index in [1.165, 1.54) is 18.6 Å². The predicted octanol–water partition coefficient (Wildman–Crippen LogP) is 0.825. The summed E-state index contributed by atoms with van der Waals surface area (Å²) in [6.45, 7) is 4.47. The van der Waals surface area contributed by atoms with Crippen LogP contribution in [0.4, 0.5) is 0 Å². The van der Waals surface area contributed by atoms with Gasteiger partial charge in [0.1, 0.15) is 6.04 Å². The van der Waals surface area contributed by atoms with Crippen molar-refractivity contribution in [1.29, 1.82) is 0 Å². The van der Waals surface area contributed by atoms with Crippen LogP contribution >= 0.6 is 11.5 Å². The topological polar surface area (TPSA) is 64.1 Å². The van der Waals surface area contributed by atoms with Crippen LogP contribution in [0.15, 0.2) is 5.38 Å². The van der Waals surface area contributed by atoms with Gasteiger partial charge in [-0.2, -0.15) is 0 Å². The zero-order valence-electron chi connectivity index (χ0n) is 9.06. The number of carbonyl (C=O) groups is 1. The maximum atomic E-state index is 11.4. The smallest absolute Gasteiger partial charge is 0.323 e. The molecule has 1 aromatic heterocycles. The minimum atomic E-state index is -0.295. The zero-order chi connectivity index (χ0) is 11.3. The van der Waals surface area contributed by atoms with E-state index in [1.807, 2.05) is 19.2 Å². The Kier molecular flexibility index (Phi) is 4.64. The fourth-order valence-corrected chi connectivity index (χ4v) is 1.65. The van der Waals surface area contributed by atoms with E-state index in [1.54, 1.807) is 0 Å². The molecular formula is C9H15N3O2S. The molecule has 1 N–H and O–H groups in total. The fourth-order valence-electron chi connectivity index (χ4n) is 1.19. The molecule has 1 heterocycles. The standard InChI is InChI=1S/C9H15N3O2S/c1-6(2)8(9(13)14-3)10-4-7-5-15-12-11-7/h5-6,8,10H,4H2,1-3H3/t8-/m0/s1. The van der Waals surface area contributed by atoms with E-state index in [-0.39, 0.29) is 17.9 Å². The summed E-state index contributed by atoms with van der Waals surface area (Å²) in [7, 11) is 1.39. The first-order valence-electron chi connectivity index (χ1n) is 4.72. The van der Waals surface area contributed by atoms with Crippen LogP contribution in [0.1, 0.15) is 19.5 Å². The minimum Gasteiger partial charge on any atom is -0.468 e. The van der Waals surface area contributed by atoms with Crippen LogP contribution in [0, 0.1) is 5.92 Å². The molecule has 0 fully saturated rings. The lowest BCUT2D eigenvalue weighted by atomic mass is 10.0. The summed E-state index contributed by atoms with van der Waals surface area (Å²) in [5, 5.41) is 8.84. The van der Waals surface area contributed by atoms with Crippen molar-refractivity contribution in [3.05, 3.63) is 11.1 Å². The van der Waals surface area contributed by atoms with Gasteiger partial charge in [-0.05, 0) is 17.5 Å². The monoisotopic (exact) mass is 229 g/mol. The summed E-state index contributed by atoms with van der Waals surface area (Å²) in [6, 6.07) is -0.295. The first kappa shape index (κ1) is 12.1. The Bertz CT molecular complexity index is 300. The Morgan fingerprint density at radius 3 is 2.87 bits per heavy atom. The van der Waals surface area contributed by atoms with Crippen LogP contribution < -0.4 is 5.32 Å². The summed E-state index contributed by atoms with van der Waals surface area (Å²) in [5.74, 6) is -0.0581. The predicted molar refractivity (Wildman–Crippen MR) is 57.4 cm³/mol. The molecule has 0 bridgehead atoms. The molecule has 1 atom stereocenters. The van der Waals surface area contributed by atoms with Crippen molar-refractivity contribution in [3.63, 3.8) is 0 Å². The number of aromatic nitrogens is 2. The Morgan fingerprint density at radius 2 is 2.40 bits per heavy atom. The van der Waals surface area contributed by atoms with Crippen LogP contribution in [0.3, 0.4) is 0 Å². The van der Waals surface area contributed by atoms with Gasteiger partial charge in [0.2, 0.25) is 0 Å². The number of rotatable bonds is 5. The molecule has 0 saturated heterocycles. The van der Waals surface area contributed by atoms with Crippen LogP contribution in [-0.2, 0) is 16.1 Å². The molecule has 0 aliphatic heterocycles. The maximum absolute atomic E-state index is 11.4. The molecule has 0 unspecified atom stereocenters. The quantitative estimate of drug-likeness (QED) is 0.757. The highest BCUT2D eigenvalue weighted by molar-refractivity contribution is 7.03. The first-order valence-corrected chi connectivity index (χ1v) is 5.56. The number of ether oxygens (including phenoxy) is 1. The van der Waals surface area contributed by atoms with Crippen molar-refractivity contribution < 1.29 is 9.53 Å². The SMILES string of the molecule is COC(=O)[C@@H](NCc1csnn1)C(C)C. The number of hydrogen-bond acceptors (Lipinski definition) is 6.